The highest BCUT2D eigenvalue weighted by atomic mass is 35.5. The van der Waals surface area contributed by atoms with Crippen molar-refractivity contribution in [3.8, 4) is 28.0 Å². The Morgan fingerprint density at radius 1 is 0.844 bits per heavy atom. The van der Waals surface area contributed by atoms with Crippen LogP contribution >= 0.6 is 23.2 Å². The van der Waals surface area contributed by atoms with Gasteiger partial charge in [-0.3, -0.25) is 0 Å². The Morgan fingerprint density at radius 2 is 1.47 bits per heavy atom. The molecule has 170 valence electrons. The van der Waals surface area contributed by atoms with E-state index in [1.807, 2.05) is 39.8 Å². The fourth-order valence-electron chi connectivity index (χ4n) is 3.26. The van der Waals surface area contributed by atoms with Gasteiger partial charge in [0.25, 0.3) is 0 Å². The summed E-state index contributed by atoms with van der Waals surface area (Å²) in [5.74, 6) is 0.0865. The minimum absolute atomic E-state index is 0.0865. The molecule has 7 heteroatoms. The number of aryl methyl sites for hydroxylation is 1. The van der Waals surface area contributed by atoms with Gasteiger partial charge < -0.3 is 10.4 Å². The Morgan fingerprint density at radius 3 is 2.03 bits per heavy atom. The average Bonchev–Trinajstić information content (AvgIpc) is 2.67. The summed E-state index contributed by atoms with van der Waals surface area (Å²) in [6.45, 7) is 8.26. The summed E-state index contributed by atoms with van der Waals surface area (Å²) < 4.78 is 39.4. The summed E-state index contributed by atoms with van der Waals surface area (Å²) in [6, 6.07) is 12.6. The number of aromatic hydroxyl groups is 1. The molecule has 0 heterocycles. The van der Waals surface area contributed by atoms with E-state index in [-0.39, 0.29) is 16.3 Å². The first-order chi connectivity index (χ1) is 14.8. The number of phenols is 1. The summed E-state index contributed by atoms with van der Waals surface area (Å²) in [5.41, 5.74) is 2.81. The van der Waals surface area contributed by atoms with Crippen molar-refractivity contribution in [2.75, 3.05) is 0 Å². The second-order valence-electron chi connectivity index (χ2n) is 8.79. The van der Waals surface area contributed by atoms with E-state index in [2.05, 4.69) is 5.32 Å². The van der Waals surface area contributed by atoms with E-state index in [1.54, 1.807) is 18.2 Å². The van der Waals surface area contributed by atoms with Gasteiger partial charge in [0, 0.05) is 28.2 Å². The molecule has 0 unspecified atom stereocenters. The van der Waals surface area contributed by atoms with Crippen molar-refractivity contribution < 1.29 is 18.3 Å². The lowest BCUT2D eigenvalue weighted by atomic mass is 9.93. The third kappa shape index (κ3) is 5.58. The van der Waals surface area contributed by atoms with Gasteiger partial charge in [-0.1, -0.05) is 41.4 Å². The van der Waals surface area contributed by atoms with Crippen molar-refractivity contribution in [3.05, 3.63) is 75.3 Å². The lowest BCUT2D eigenvalue weighted by Gasteiger charge is -2.22. The summed E-state index contributed by atoms with van der Waals surface area (Å²) in [7, 11) is 0. The van der Waals surface area contributed by atoms with Gasteiger partial charge in [-0.15, -0.1) is 0 Å². The molecule has 0 aliphatic rings. The van der Waals surface area contributed by atoms with Gasteiger partial charge in [0.05, 0.1) is 10.6 Å². The number of halogens is 5. The van der Waals surface area contributed by atoms with Crippen molar-refractivity contribution in [1.29, 1.82) is 0 Å². The van der Waals surface area contributed by atoms with Crippen molar-refractivity contribution in [1.82, 2.24) is 5.32 Å². The summed E-state index contributed by atoms with van der Waals surface area (Å²) in [5, 5.41) is 14.5. The van der Waals surface area contributed by atoms with E-state index in [1.165, 1.54) is 12.1 Å². The van der Waals surface area contributed by atoms with E-state index < -0.39 is 11.7 Å². The van der Waals surface area contributed by atoms with Crippen LogP contribution in [0.3, 0.4) is 0 Å². The van der Waals surface area contributed by atoms with Gasteiger partial charge in [-0.05, 0) is 80.3 Å². The minimum atomic E-state index is -4.53. The molecule has 0 bridgehead atoms. The Balaban J connectivity index is 2.17. The van der Waals surface area contributed by atoms with Crippen LogP contribution in [0.2, 0.25) is 10.0 Å². The van der Waals surface area contributed by atoms with Gasteiger partial charge in [0.15, 0.2) is 0 Å². The number of nitrogens with one attached hydrogen (secondary N) is 1. The van der Waals surface area contributed by atoms with Crippen LogP contribution in [-0.4, -0.2) is 10.6 Å². The molecule has 0 saturated heterocycles. The van der Waals surface area contributed by atoms with Gasteiger partial charge in [-0.2, -0.15) is 13.2 Å². The smallest absolute Gasteiger partial charge is 0.417 e. The maximum Gasteiger partial charge on any atom is 0.417 e. The van der Waals surface area contributed by atoms with E-state index in [9.17, 15) is 18.3 Å². The van der Waals surface area contributed by atoms with Gasteiger partial charge in [0.1, 0.15) is 5.75 Å². The molecule has 32 heavy (non-hydrogen) atoms. The quantitative estimate of drug-likeness (QED) is 0.393. The summed E-state index contributed by atoms with van der Waals surface area (Å²) in [6.07, 6.45) is -4.53. The lowest BCUT2D eigenvalue weighted by Crippen LogP contribution is -2.35. The molecule has 0 aromatic heterocycles. The summed E-state index contributed by atoms with van der Waals surface area (Å²) in [4.78, 5) is 0. The van der Waals surface area contributed by atoms with Crippen LogP contribution in [0.1, 0.15) is 37.5 Å². The Hall–Kier alpha value is -2.21. The zero-order chi connectivity index (χ0) is 23.8. The van der Waals surface area contributed by atoms with Gasteiger partial charge in [0.2, 0.25) is 0 Å². The molecule has 0 aliphatic carbocycles. The third-order valence-corrected chi connectivity index (χ3v) is 5.81. The van der Waals surface area contributed by atoms with Gasteiger partial charge >= 0.3 is 6.18 Å². The highest BCUT2D eigenvalue weighted by molar-refractivity contribution is 6.32. The predicted octanol–water partition coefficient (Wildman–Crippen LogP) is 8.25. The summed E-state index contributed by atoms with van der Waals surface area (Å²) >= 11 is 12.2. The molecule has 2 N–H and O–H groups in total. The number of hydrogen-bond acceptors (Lipinski definition) is 2. The highest BCUT2D eigenvalue weighted by Crippen LogP contribution is 2.41. The maximum atomic E-state index is 13.1. The minimum Gasteiger partial charge on any atom is -0.507 e. The van der Waals surface area contributed by atoms with E-state index >= 15 is 0 Å². The fraction of sp³-hybridized carbons (Fsp3) is 0.280. The molecule has 2 nitrogen and oxygen atoms in total. The zero-order valence-corrected chi connectivity index (χ0v) is 19.7. The number of benzene rings is 3. The van der Waals surface area contributed by atoms with Crippen LogP contribution in [0.5, 0.6) is 5.75 Å². The number of phenolic OH excluding ortho intramolecular Hbond substituents is 1. The Bertz CT molecular complexity index is 1150. The molecule has 3 aromatic rings. The number of alkyl halides is 3. The SMILES string of the molecule is Cc1ccc(-c2cc(-c3ccc(C(F)(F)F)c(Cl)c3)cc(CNC(C)(C)C)c2O)cc1Cl. The second kappa shape index (κ2) is 8.97. The molecule has 0 saturated carbocycles. The lowest BCUT2D eigenvalue weighted by molar-refractivity contribution is -0.137. The zero-order valence-electron chi connectivity index (χ0n) is 18.2. The molecule has 0 amide bonds. The molecule has 0 spiro atoms. The van der Waals surface area contributed by atoms with Crippen LogP contribution in [0.4, 0.5) is 13.2 Å². The third-order valence-electron chi connectivity index (χ3n) is 5.09. The molecular weight excluding hydrogens is 458 g/mol. The average molecular weight is 482 g/mol. The molecular formula is C25H24Cl2F3NO. The number of rotatable bonds is 4. The topological polar surface area (TPSA) is 32.3 Å². The van der Waals surface area contributed by atoms with Crippen molar-refractivity contribution in [2.24, 2.45) is 0 Å². The normalized spacial score (nSPS) is 12.3. The van der Waals surface area contributed by atoms with Crippen LogP contribution < -0.4 is 5.32 Å². The maximum absolute atomic E-state index is 13.1. The highest BCUT2D eigenvalue weighted by Gasteiger charge is 2.33. The van der Waals surface area contributed by atoms with Crippen LogP contribution in [-0.2, 0) is 12.7 Å². The van der Waals surface area contributed by atoms with E-state index in [0.717, 1.165) is 11.6 Å². The first kappa shape index (κ1) is 24.4. The first-order valence-electron chi connectivity index (χ1n) is 10.0. The van der Waals surface area contributed by atoms with Crippen LogP contribution in [0.15, 0.2) is 48.5 Å². The Labute approximate surface area is 196 Å². The molecule has 0 atom stereocenters. The van der Waals surface area contributed by atoms with E-state index in [0.29, 0.717) is 39.4 Å². The number of hydrogen-bond donors (Lipinski definition) is 2. The molecule has 0 fully saturated rings. The van der Waals surface area contributed by atoms with Crippen molar-refractivity contribution >= 4 is 23.2 Å². The van der Waals surface area contributed by atoms with Crippen molar-refractivity contribution in [3.63, 3.8) is 0 Å². The monoisotopic (exact) mass is 481 g/mol. The van der Waals surface area contributed by atoms with Crippen LogP contribution in [0, 0.1) is 6.92 Å². The fourth-order valence-corrected chi connectivity index (χ4v) is 3.73. The largest absolute Gasteiger partial charge is 0.507 e. The molecule has 3 rings (SSSR count). The standard InChI is InChI=1S/C25H24Cl2F3NO/c1-14-5-6-16(12-21(14)26)19-10-17(9-18(23(19)32)13-31-24(2,3)4)15-7-8-20(22(27)11-15)25(28,29)30/h5-12,31-32H,13H2,1-4H3. The second-order valence-corrected chi connectivity index (χ2v) is 9.61. The first-order valence-corrected chi connectivity index (χ1v) is 10.8. The van der Waals surface area contributed by atoms with Crippen molar-refractivity contribution in [2.45, 2.75) is 46.0 Å². The molecule has 0 radical (unpaired) electrons. The van der Waals surface area contributed by atoms with E-state index in [4.69, 9.17) is 23.2 Å². The Kier molecular flexibility index (Phi) is 6.85. The predicted molar refractivity (Wildman–Crippen MR) is 125 cm³/mol. The van der Waals surface area contributed by atoms with Gasteiger partial charge in [-0.25, -0.2) is 0 Å². The van der Waals surface area contributed by atoms with Crippen LogP contribution in [0.25, 0.3) is 22.3 Å². The molecule has 3 aromatic carbocycles. The molecule has 0 aliphatic heterocycles.